The van der Waals surface area contributed by atoms with E-state index in [0.29, 0.717) is 10.0 Å². The fourth-order valence-corrected chi connectivity index (χ4v) is 2.01. The first kappa shape index (κ1) is 16.7. The fraction of sp³-hybridized carbons (Fsp3) is 0.0625. The first-order valence-corrected chi connectivity index (χ1v) is 7.38. The van der Waals surface area contributed by atoms with Crippen molar-refractivity contribution in [3.05, 3.63) is 70.1 Å². The second-order valence-electron chi connectivity index (χ2n) is 4.45. The van der Waals surface area contributed by atoms with Crippen LogP contribution in [0.1, 0.15) is 11.1 Å². The van der Waals surface area contributed by atoms with E-state index in [1.165, 1.54) is 12.3 Å². The maximum atomic E-state index is 11.7. The zero-order chi connectivity index (χ0) is 16.7. The van der Waals surface area contributed by atoms with Crippen molar-refractivity contribution >= 4 is 34.1 Å². The SMILES string of the molecule is O=C(N/C(=C\c1cnccc1Br)C(=O)O)OCc1ccccc1. The Hall–Kier alpha value is -2.67. The van der Waals surface area contributed by atoms with E-state index in [-0.39, 0.29) is 12.3 Å². The Morgan fingerprint density at radius 1 is 1.26 bits per heavy atom. The van der Waals surface area contributed by atoms with E-state index < -0.39 is 12.1 Å². The zero-order valence-corrected chi connectivity index (χ0v) is 13.5. The van der Waals surface area contributed by atoms with Crippen LogP contribution < -0.4 is 5.32 Å². The van der Waals surface area contributed by atoms with E-state index in [1.807, 2.05) is 18.2 Å². The van der Waals surface area contributed by atoms with Crippen LogP contribution in [0.3, 0.4) is 0 Å². The molecule has 0 saturated carbocycles. The van der Waals surface area contributed by atoms with Gasteiger partial charge in [-0.3, -0.25) is 10.3 Å². The predicted octanol–water partition coefficient (Wildman–Crippen LogP) is 3.20. The summed E-state index contributed by atoms with van der Waals surface area (Å²) in [7, 11) is 0. The van der Waals surface area contributed by atoms with Crippen LogP contribution in [0, 0.1) is 0 Å². The number of carbonyl (C=O) groups excluding carboxylic acids is 1. The lowest BCUT2D eigenvalue weighted by molar-refractivity contribution is -0.132. The van der Waals surface area contributed by atoms with Crippen LogP contribution in [-0.4, -0.2) is 22.2 Å². The molecule has 0 spiro atoms. The number of halogens is 1. The summed E-state index contributed by atoms with van der Waals surface area (Å²) in [5, 5.41) is 11.4. The lowest BCUT2D eigenvalue weighted by Gasteiger charge is -2.08. The molecule has 0 atom stereocenters. The largest absolute Gasteiger partial charge is 0.477 e. The minimum atomic E-state index is -1.28. The van der Waals surface area contributed by atoms with Gasteiger partial charge in [0.2, 0.25) is 0 Å². The molecular weight excluding hydrogens is 364 g/mol. The molecule has 2 rings (SSSR count). The van der Waals surface area contributed by atoms with Crippen molar-refractivity contribution in [1.82, 2.24) is 10.3 Å². The van der Waals surface area contributed by atoms with Gasteiger partial charge in [0.05, 0.1) is 0 Å². The van der Waals surface area contributed by atoms with Gasteiger partial charge in [-0.05, 0) is 17.7 Å². The molecule has 0 unspecified atom stereocenters. The Balaban J connectivity index is 2.03. The number of hydrogen-bond acceptors (Lipinski definition) is 4. The first-order valence-electron chi connectivity index (χ1n) is 6.58. The molecule has 0 saturated heterocycles. The second-order valence-corrected chi connectivity index (χ2v) is 5.30. The van der Waals surface area contributed by atoms with Crippen molar-refractivity contribution in [2.24, 2.45) is 0 Å². The smallest absolute Gasteiger partial charge is 0.412 e. The van der Waals surface area contributed by atoms with Crippen molar-refractivity contribution in [3.63, 3.8) is 0 Å². The van der Waals surface area contributed by atoms with Gasteiger partial charge in [0, 0.05) is 22.4 Å². The van der Waals surface area contributed by atoms with Gasteiger partial charge in [-0.15, -0.1) is 0 Å². The number of alkyl carbamates (subject to hydrolysis) is 1. The predicted molar refractivity (Wildman–Crippen MR) is 87.3 cm³/mol. The molecule has 1 heterocycles. The molecule has 1 aromatic carbocycles. The van der Waals surface area contributed by atoms with Crippen LogP contribution in [0.5, 0.6) is 0 Å². The fourth-order valence-electron chi connectivity index (χ4n) is 1.67. The number of nitrogens with zero attached hydrogens (tertiary/aromatic N) is 1. The molecule has 6 nitrogen and oxygen atoms in total. The normalized spacial score (nSPS) is 10.9. The van der Waals surface area contributed by atoms with Crippen LogP contribution in [0.2, 0.25) is 0 Å². The van der Waals surface area contributed by atoms with E-state index in [4.69, 9.17) is 4.74 Å². The highest BCUT2D eigenvalue weighted by Crippen LogP contribution is 2.17. The summed E-state index contributed by atoms with van der Waals surface area (Å²) < 4.78 is 5.65. The van der Waals surface area contributed by atoms with Gasteiger partial charge in [0.25, 0.3) is 0 Å². The van der Waals surface area contributed by atoms with Gasteiger partial charge in [0.1, 0.15) is 12.3 Å². The highest BCUT2D eigenvalue weighted by atomic mass is 79.9. The number of hydrogen-bond donors (Lipinski definition) is 2. The van der Waals surface area contributed by atoms with Crippen LogP contribution in [-0.2, 0) is 16.1 Å². The summed E-state index contributed by atoms with van der Waals surface area (Å²) in [4.78, 5) is 26.9. The molecule has 23 heavy (non-hydrogen) atoms. The molecule has 2 N–H and O–H groups in total. The quantitative estimate of drug-likeness (QED) is 0.782. The number of benzene rings is 1. The number of ether oxygens (including phenoxy) is 1. The molecule has 118 valence electrons. The number of carbonyl (C=O) groups is 2. The molecular formula is C16H13BrN2O4. The lowest BCUT2D eigenvalue weighted by Crippen LogP contribution is -2.27. The Labute approximate surface area is 140 Å². The number of pyridine rings is 1. The van der Waals surface area contributed by atoms with E-state index in [2.05, 4.69) is 26.2 Å². The van der Waals surface area contributed by atoms with Gasteiger partial charge in [-0.25, -0.2) is 9.59 Å². The minimum absolute atomic E-state index is 0.0517. The third-order valence-corrected chi connectivity index (χ3v) is 3.50. The Morgan fingerprint density at radius 3 is 2.65 bits per heavy atom. The molecule has 7 heteroatoms. The minimum Gasteiger partial charge on any atom is -0.477 e. The summed E-state index contributed by atoms with van der Waals surface area (Å²) in [6.45, 7) is 0.0517. The summed E-state index contributed by atoms with van der Waals surface area (Å²) in [5.74, 6) is -1.28. The van der Waals surface area contributed by atoms with Gasteiger partial charge >= 0.3 is 12.1 Å². The number of aliphatic carboxylic acids is 1. The van der Waals surface area contributed by atoms with E-state index in [9.17, 15) is 14.7 Å². The highest BCUT2D eigenvalue weighted by Gasteiger charge is 2.13. The second kappa shape index (κ2) is 8.09. The number of carboxylic acids is 1. The van der Waals surface area contributed by atoms with E-state index >= 15 is 0 Å². The molecule has 0 aliphatic heterocycles. The number of nitrogens with one attached hydrogen (secondary N) is 1. The van der Waals surface area contributed by atoms with Gasteiger partial charge in [-0.1, -0.05) is 46.3 Å². The number of carboxylic acid groups (broad SMARTS) is 1. The molecule has 0 fully saturated rings. The van der Waals surface area contributed by atoms with Crippen molar-refractivity contribution in [1.29, 1.82) is 0 Å². The molecule has 0 radical (unpaired) electrons. The van der Waals surface area contributed by atoms with Crippen molar-refractivity contribution in [2.75, 3.05) is 0 Å². The van der Waals surface area contributed by atoms with E-state index in [0.717, 1.165) is 5.56 Å². The molecule has 1 aromatic heterocycles. The third-order valence-electron chi connectivity index (χ3n) is 2.78. The Morgan fingerprint density at radius 2 is 2.00 bits per heavy atom. The molecule has 2 aromatic rings. The van der Waals surface area contributed by atoms with Gasteiger partial charge < -0.3 is 9.84 Å². The summed E-state index contributed by atoms with van der Waals surface area (Å²) in [5.41, 5.74) is 1.02. The maximum absolute atomic E-state index is 11.7. The average molecular weight is 377 g/mol. The molecule has 0 bridgehead atoms. The Kier molecular flexibility index (Phi) is 5.87. The summed E-state index contributed by atoms with van der Waals surface area (Å²) >= 11 is 3.28. The summed E-state index contributed by atoms with van der Waals surface area (Å²) in [6.07, 6.45) is 3.49. The lowest BCUT2D eigenvalue weighted by atomic mass is 10.2. The number of amides is 1. The number of aromatic nitrogens is 1. The third kappa shape index (κ3) is 5.23. The van der Waals surface area contributed by atoms with Crippen LogP contribution in [0.15, 0.2) is 59.0 Å². The topological polar surface area (TPSA) is 88.5 Å². The molecule has 1 amide bonds. The summed E-state index contributed by atoms with van der Waals surface area (Å²) in [6, 6.07) is 10.7. The average Bonchev–Trinajstić information content (AvgIpc) is 2.55. The standard InChI is InChI=1S/C16H13BrN2O4/c17-13-6-7-18-9-12(13)8-14(15(20)21)19-16(22)23-10-11-4-2-1-3-5-11/h1-9H,10H2,(H,19,22)(H,20,21)/b14-8-. The van der Waals surface area contributed by atoms with Crippen LogP contribution >= 0.6 is 15.9 Å². The zero-order valence-electron chi connectivity index (χ0n) is 11.9. The van der Waals surface area contributed by atoms with Gasteiger partial charge in [0.15, 0.2) is 0 Å². The molecule has 0 aliphatic carbocycles. The highest BCUT2D eigenvalue weighted by molar-refractivity contribution is 9.10. The Bertz CT molecular complexity index is 732. The van der Waals surface area contributed by atoms with Crippen LogP contribution in [0.25, 0.3) is 6.08 Å². The first-order chi connectivity index (χ1) is 11.1. The maximum Gasteiger partial charge on any atom is 0.412 e. The van der Waals surface area contributed by atoms with Crippen molar-refractivity contribution in [2.45, 2.75) is 6.61 Å². The van der Waals surface area contributed by atoms with E-state index in [1.54, 1.807) is 24.4 Å². The van der Waals surface area contributed by atoms with Crippen molar-refractivity contribution < 1.29 is 19.4 Å². The van der Waals surface area contributed by atoms with Crippen LogP contribution in [0.4, 0.5) is 4.79 Å². The van der Waals surface area contributed by atoms with Crippen molar-refractivity contribution in [3.8, 4) is 0 Å². The number of rotatable bonds is 5. The monoisotopic (exact) mass is 376 g/mol. The van der Waals surface area contributed by atoms with Gasteiger partial charge in [-0.2, -0.15) is 0 Å². The molecule has 0 aliphatic rings.